The molecule has 0 aliphatic heterocycles. The van der Waals surface area contributed by atoms with Crippen LogP contribution in [0.3, 0.4) is 0 Å². The van der Waals surface area contributed by atoms with E-state index >= 15 is 0 Å². The van der Waals surface area contributed by atoms with E-state index in [1.807, 2.05) is 0 Å². The lowest BCUT2D eigenvalue weighted by atomic mass is 9.85. The lowest BCUT2D eigenvalue weighted by Crippen LogP contribution is -2.34. The minimum atomic E-state index is -0.778. The minimum Gasteiger partial charge on any atom is -0.339 e. The van der Waals surface area contributed by atoms with Crippen molar-refractivity contribution >= 4 is 35.5 Å². The fraction of sp³-hybridized carbons (Fsp3) is 0.684. The molecule has 0 aliphatic rings. The van der Waals surface area contributed by atoms with Gasteiger partial charge in [-0.3, -0.25) is 24.0 Å². The zero-order chi connectivity index (χ0) is 21.5. The van der Waals surface area contributed by atoms with Gasteiger partial charge in [0, 0.05) is 26.2 Å². The number of aldehydes is 1. The molecular weight excluding hydrogens is 352 g/mol. The molecule has 0 rings (SSSR count). The van der Waals surface area contributed by atoms with Crippen LogP contribution in [0, 0.1) is 11.3 Å². The van der Waals surface area contributed by atoms with Gasteiger partial charge in [0.2, 0.25) is 11.8 Å². The van der Waals surface area contributed by atoms with Gasteiger partial charge < -0.3 is 15.4 Å². The summed E-state index contributed by atoms with van der Waals surface area (Å²) in [5.74, 6) is -0.456. The van der Waals surface area contributed by atoms with Gasteiger partial charge in [0.1, 0.15) is 23.6 Å². The van der Waals surface area contributed by atoms with Crippen molar-refractivity contribution in [3.8, 4) is 0 Å². The first-order chi connectivity index (χ1) is 11.7. The SMILES string of the molecule is C.CC(=O)C(C)(C)C(C)=O.CC(=O)C(C)CC=O.CC(=O)NCNC(C)=O. The summed E-state index contributed by atoms with van der Waals surface area (Å²) in [7, 11) is 0. The number of hydrogen-bond acceptors (Lipinski definition) is 6. The number of ketones is 3. The quantitative estimate of drug-likeness (QED) is 0.389. The average molecular weight is 389 g/mol. The summed E-state index contributed by atoms with van der Waals surface area (Å²) >= 11 is 0. The summed E-state index contributed by atoms with van der Waals surface area (Å²) in [6, 6.07) is 0. The van der Waals surface area contributed by atoms with Gasteiger partial charge in [0.05, 0.1) is 12.1 Å². The van der Waals surface area contributed by atoms with E-state index in [0.717, 1.165) is 6.29 Å². The number of rotatable bonds is 7. The monoisotopic (exact) mass is 388 g/mol. The van der Waals surface area contributed by atoms with Crippen LogP contribution in [0.1, 0.15) is 69.2 Å². The normalized spacial score (nSPS) is 10.2. The first-order valence-corrected chi connectivity index (χ1v) is 8.15. The zero-order valence-corrected chi connectivity index (χ0v) is 17.0. The zero-order valence-electron chi connectivity index (χ0n) is 17.0. The lowest BCUT2D eigenvalue weighted by molar-refractivity contribution is -0.136. The number of hydrogen-bond donors (Lipinski definition) is 2. The van der Waals surface area contributed by atoms with E-state index in [1.165, 1.54) is 34.6 Å². The van der Waals surface area contributed by atoms with Crippen molar-refractivity contribution < 1.29 is 28.8 Å². The molecule has 0 aromatic heterocycles. The van der Waals surface area contributed by atoms with Gasteiger partial charge in [-0.25, -0.2) is 0 Å². The number of carbonyl (C=O) groups excluding carboxylic acids is 6. The van der Waals surface area contributed by atoms with Crippen LogP contribution in [0.2, 0.25) is 0 Å². The Morgan fingerprint density at radius 3 is 1.30 bits per heavy atom. The molecule has 8 nitrogen and oxygen atoms in total. The smallest absolute Gasteiger partial charge is 0.218 e. The third-order valence-electron chi connectivity index (χ3n) is 3.58. The summed E-state index contributed by atoms with van der Waals surface area (Å²) < 4.78 is 0. The molecule has 0 aromatic rings. The second-order valence-electron chi connectivity index (χ2n) is 6.29. The fourth-order valence-corrected chi connectivity index (χ4v) is 0.851. The fourth-order valence-electron chi connectivity index (χ4n) is 0.851. The molecule has 0 heterocycles. The van der Waals surface area contributed by atoms with Crippen molar-refractivity contribution in [1.82, 2.24) is 10.6 Å². The van der Waals surface area contributed by atoms with Crippen LogP contribution >= 0.6 is 0 Å². The maximum atomic E-state index is 10.7. The predicted molar refractivity (Wildman–Crippen MR) is 105 cm³/mol. The third-order valence-corrected chi connectivity index (χ3v) is 3.58. The largest absolute Gasteiger partial charge is 0.339 e. The Morgan fingerprint density at radius 1 is 0.852 bits per heavy atom. The van der Waals surface area contributed by atoms with E-state index in [0.29, 0.717) is 6.42 Å². The van der Waals surface area contributed by atoms with Crippen LogP contribution in [0.5, 0.6) is 0 Å². The summed E-state index contributed by atoms with van der Waals surface area (Å²) in [6.07, 6.45) is 1.13. The van der Waals surface area contributed by atoms with Crippen LogP contribution < -0.4 is 10.6 Å². The molecule has 0 saturated heterocycles. The summed E-state index contributed by atoms with van der Waals surface area (Å²) in [5.41, 5.74) is -0.778. The summed E-state index contributed by atoms with van der Waals surface area (Å²) in [5, 5.41) is 4.81. The molecule has 1 atom stereocenters. The van der Waals surface area contributed by atoms with Crippen LogP contribution in [0.4, 0.5) is 0 Å². The summed E-state index contributed by atoms with van der Waals surface area (Å²) in [4.78, 5) is 61.8. The van der Waals surface area contributed by atoms with Gasteiger partial charge in [0.25, 0.3) is 0 Å². The maximum Gasteiger partial charge on any atom is 0.218 e. The lowest BCUT2D eigenvalue weighted by Gasteiger charge is -2.15. The Balaban J connectivity index is -0.000000145. The number of amides is 2. The van der Waals surface area contributed by atoms with Gasteiger partial charge in [-0.1, -0.05) is 14.4 Å². The highest BCUT2D eigenvalue weighted by atomic mass is 16.2. The average Bonchev–Trinajstić information content (AvgIpc) is 2.47. The molecule has 0 aliphatic carbocycles. The van der Waals surface area contributed by atoms with Crippen LogP contribution in [-0.4, -0.2) is 42.1 Å². The Kier molecular flexibility index (Phi) is 20.4. The second kappa shape index (κ2) is 17.1. The summed E-state index contributed by atoms with van der Waals surface area (Å²) in [6.45, 7) is 12.4. The van der Waals surface area contributed by atoms with Crippen LogP contribution in [0.15, 0.2) is 0 Å². The molecule has 0 spiro atoms. The third kappa shape index (κ3) is 21.6. The van der Waals surface area contributed by atoms with E-state index in [2.05, 4.69) is 10.6 Å². The van der Waals surface area contributed by atoms with Crippen LogP contribution in [0.25, 0.3) is 0 Å². The molecule has 27 heavy (non-hydrogen) atoms. The van der Waals surface area contributed by atoms with Gasteiger partial charge in [-0.15, -0.1) is 0 Å². The first-order valence-electron chi connectivity index (χ1n) is 8.15. The molecule has 0 aromatic carbocycles. The van der Waals surface area contributed by atoms with Gasteiger partial charge in [-0.2, -0.15) is 0 Å². The highest BCUT2D eigenvalue weighted by Gasteiger charge is 2.28. The molecule has 0 fully saturated rings. The Bertz CT molecular complexity index is 482. The molecule has 2 amide bonds. The highest BCUT2D eigenvalue weighted by molar-refractivity contribution is 6.04. The van der Waals surface area contributed by atoms with Crippen molar-refractivity contribution in [2.75, 3.05) is 6.67 Å². The molecule has 0 bridgehead atoms. The second-order valence-corrected chi connectivity index (χ2v) is 6.29. The molecule has 8 heteroatoms. The maximum absolute atomic E-state index is 10.7. The van der Waals surface area contributed by atoms with Crippen molar-refractivity contribution in [1.29, 1.82) is 0 Å². The minimum absolute atomic E-state index is 0. The Hall–Kier alpha value is -2.38. The molecule has 0 saturated carbocycles. The van der Waals surface area contributed by atoms with E-state index in [9.17, 15) is 28.8 Å². The van der Waals surface area contributed by atoms with Crippen molar-refractivity contribution in [2.45, 2.75) is 69.2 Å². The topological polar surface area (TPSA) is 126 Å². The number of Topliss-reactive ketones (excluding diaryl/α,β-unsaturated/α-hetero) is 3. The van der Waals surface area contributed by atoms with Gasteiger partial charge in [-0.05, 0) is 34.6 Å². The molecule has 0 radical (unpaired) electrons. The number of nitrogens with one attached hydrogen (secondary N) is 2. The molecular formula is C19H36N2O6. The van der Waals surface area contributed by atoms with E-state index in [-0.39, 0.29) is 49.2 Å². The first kappa shape index (κ1) is 32.3. The van der Waals surface area contributed by atoms with E-state index < -0.39 is 5.41 Å². The van der Waals surface area contributed by atoms with E-state index in [4.69, 9.17) is 0 Å². The predicted octanol–water partition coefficient (Wildman–Crippen LogP) is 1.84. The Morgan fingerprint density at radius 2 is 1.19 bits per heavy atom. The van der Waals surface area contributed by atoms with Crippen LogP contribution in [-0.2, 0) is 28.8 Å². The van der Waals surface area contributed by atoms with Crippen molar-refractivity contribution in [3.63, 3.8) is 0 Å². The highest BCUT2D eigenvalue weighted by Crippen LogP contribution is 2.16. The van der Waals surface area contributed by atoms with E-state index in [1.54, 1.807) is 20.8 Å². The van der Waals surface area contributed by atoms with Gasteiger partial charge >= 0.3 is 0 Å². The van der Waals surface area contributed by atoms with Crippen molar-refractivity contribution in [3.05, 3.63) is 0 Å². The van der Waals surface area contributed by atoms with Crippen molar-refractivity contribution in [2.24, 2.45) is 11.3 Å². The Labute approximate surface area is 162 Å². The standard InChI is InChI=1S/C7H12O2.C6H10O2.C5H10N2O2.CH4/c1-5(8)7(3,4)6(2)9;1-5(3-4-7)6(2)8;1-4(8)6-3-7-5(2)9;/h1-4H3;4-5H,3H2,1-2H3;3H2,1-2H3,(H,6,8)(H,7,9);1H4. The molecule has 158 valence electrons. The number of carbonyl (C=O) groups is 6. The molecule has 2 N–H and O–H groups in total. The van der Waals surface area contributed by atoms with Gasteiger partial charge in [0.15, 0.2) is 0 Å². The molecule has 1 unspecified atom stereocenters.